The normalized spacial score (nSPS) is 10.8. The van der Waals surface area contributed by atoms with E-state index in [9.17, 15) is 0 Å². The Bertz CT molecular complexity index is 2840. The van der Waals surface area contributed by atoms with E-state index in [-0.39, 0.29) is 0 Å². The van der Waals surface area contributed by atoms with Crippen LogP contribution in [-0.4, -0.2) is 0 Å². The van der Waals surface area contributed by atoms with Gasteiger partial charge in [0.05, 0.1) is 11.4 Å². The maximum atomic E-state index is 2.38. The van der Waals surface area contributed by atoms with Crippen molar-refractivity contribution >= 4 is 45.3 Å². The van der Waals surface area contributed by atoms with Crippen LogP contribution in [0.5, 0.6) is 0 Å². The molecule has 0 spiro atoms. The van der Waals surface area contributed by atoms with Gasteiger partial charge in [0.15, 0.2) is 0 Å². The smallest absolute Gasteiger partial charge is 0.0540 e. The van der Waals surface area contributed by atoms with E-state index in [1.54, 1.807) is 0 Å². The summed E-state index contributed by atoms with van der Waals surface area (Å²) in [7, 11) is 0. The zero-order valence-electron chi connectivity index (χ0n) is 35.5. The molecule has 10 rings (SSSR count). The van der Waals surface area contributed by atoms with Gasteiger partial charge in [-0.1, -0.05) is 206 Å². The quantitative estimate of drug-likeness (QED) is 0.113. The molecule has 0 saturated carbocycles. The maximum Gasteiger partial charge on any atom is 0.0540 e. The first-order valence-electron chi connectivity index (χ1n) is 21.9. The minimum absolute atomic E-state index is 1.10. The van der Waals surface area contributed by atoms with Crippen LogP contribution in [0.15, 0.2) is 279 Å². The number of hydrogen-bond donors (Lipinski definition) is 0. The molecule has 0 heterocycles. The number of para-hydroxylation sites is 6. The Labute approximate surface area is 377 Å². The molecule has 0 bridgehead atoms. The Kier molecular flexibility index (Phi) is 11.6. The Hall–Kier alpha value is -8.46. The highest BCUT2D eigenvalue weighted by molar-refractivity contribution is 6.06. The van der Waals surface area contributed by atoms with Gasteiger partial charge in [0.25, 0.3) is 0 Å². The molecule has 0 saturated heterocycles. The molecule has 2 nitrogen and oxygen atoms in total. The highest BCUT2D eigenvalue weighted by atomic mass is 15.1. The minimum atomic E-state index is 1.10. The standard InChI is InChI=1S/C62H46N2/c1-7-25-47(26-8-1)61(48-27-9-2-10-28-48)62(51-31-23-29-49(45-51)57-41-19-21-43-59(57)63(53-33-11-3-12-34-53)54-35-13-4-14-36-54)52-32-24-30-50(46-52)58-42-20-22-44-60(58)64(55-37-15-5-16-38-55)56-39-17-6-18-40-56/h1-46H. The van der Waals surface area contributed by atoms with Gasteiger partial charge in [-0.15, -0.1) is 0 Å². The maximum absolute atomic E-state index is 2.38. The molecule has 0 N–H and O–H groups in total. The molecular formula is C62H46N2. The van der Waals surface area contributed by atoms with Gasteiger partial charge in [-0.3, -0.25) is 0 Å². The lowest BCUT2D eigenvalue weighted by atomic mass is 9.84. The summed E-state index contributed by atoms with van der Waals surface area (Å²) < 4.78 is 0. The molecule has 0 aliphatic heterocycles. The van der Waals surface area contributed by atoms with Crippen molar-refractivity contribution in [1.82, 2.24) is 0 Å². The average Bonchev–Trinajstić information content (AvgIpc) is 3.38. The summed E-state index contributed by atoms with van der Waals surface area (Å²) >= 11 is 0. The Balaban J connectivity index is 1.19. The van der Waals surface area contributed by atoms with E-state index in [2.05, 4.69) is 289 Å². The predicted molar refractivity (Wildman–Crippen MR) is 271 cm³/mol. The number of hydrogen-bond acceptors (Lipinski definition) is 2. The highest BCUT2D eigenvalue weighted by Crippen LogP contribution is 2.45. The SMILES string of the molecule is c1ccc(C(=C(c2cccc(-c3ccccc3N(c3ccccc3)c3ccccc3)c2)c2cccc(-c3ccccc3N(c3ccccc3)c3ccccc3)c2)c2ccccc2)cc1. The van der Waals surface area contributed by atoms with E-state index >= 15 is 0 Å². The first-order chi connectivity index (χ1) is 31.8. The summed E-state index contributed by atoms with van der Waals surface area (Å²) in [4.78, 5) is 4.71. The number of rotatable bonds is 12. The van der Waals surface area contributed by atoms with Gasteiger partial charge in [0, 0.05) is 33.9 Å². The van der Waals surface area contributed by atoms with E-state index in [4.69, 9.17) is 0 Å². The van der Waals surface area contributed by atoms with Gasteiger partial charge in [-0.2, -0.15) is 0 Å². The zero-order valence-corrected chi connectivity index (χ0v) is 35.5. The molecule has 0 aromatic heterocycles. The van der Waals surface area contributed by atoms with Crippen molar-refractivity contribution in [2.75, 3.05) is 9.80 Å². The average molecular weight is 819 g/mol. The summed E-state index contributed by atoms with van der Waals surface area (Å²) in [5.74, 6) is 0. The fourth-order valence-corrected chi connectivity index (χ4v) is 8.79. The van der Waals surface area contributed by atoms with Crippen LogP contribution in [0.2, 0.25) is 0 Å². The molecule has 10 aromatic carbocycles. The zero-order chi connectivity index (χ0) is 42.9. The van der Waals surface area contributed by atoms with Crippen molar-refractivity contribution in [2.45, 2.75) is 0 Å². The molecule has 304 valence electrons. The summed E-state index contributed by atoms with van der Waals surface area (Å²) in [6, 6.07) is 99.9. The fourth-order valence-electron chi connectivity index (χ4n) is 8.79. The third-order valence-electron chi connectivity index (χ3n) is 11.6. The molecule has 10 aromatic rings. The lowest BCUT2D eigenvalue weighted by molar-refractivity contribution is 1.28. The van der Waals surface area contributed by atoms with E-state index in [0.29, 0.717) is 0 Å². The molecular weight excluding hydrogens is 773 g/mol. The minimum Gasteiger partial charge on any atom is -0.310 e. The van der Waals surface area contributed by atoms with Crippen molar-refractivity contribution in [2.24, 2.45) is 0 Å². The molecule has 0 radical (unpaired) electrons. The summed E-state index contributed by atoms with van der Waals surface area (Å²) in [6.07, 6.45) is 0. The molecule has 64 heavy (non-hydrogen) atoms. The first-order valence-corrected chi connectivity index (χ1v) is 21.9. The fraction of sp³-hybridized carbons (Fsp3) is 0. The van der Waals surface area contributed by atoms with Gasteiger partial charge in [0.1, 0.15) is 0 Å². The summed E-state index contributed by atoms with van der Waals surface area (Å²) in [5.41, 5.74) is 18.0. The van der Waals surface area contributed by atoms with Crippen molar-refractivity contribution in [1.29, 1.82) is 0 Å². The largest absolute Gasteiger partial charge is 0.310 e. The van der Waals surface area contributed by atoms with Crippen LogP contribution in [0.1, 0.15) is 22.3 Å². The van der Waals surface area contributed by atoms with Crippen LogP contribution in [0.3, 0.4) is 0 Å². The lowest BCUT2D eigenvalue weighted by Crippen LogP contribution is -2.11. The van der Waals surface area contributed by atoms with Crippen molar-refractivity contribution < 1.29 is 0 Å². The second-order valence-corrected chi connectivity index (χ2v) is 15.7. The molecule has 0 fully saturated rings. The van der Waals surface area contributed by atoms with Crippen LogP contribution in [0, 0.1) is 0 Å². The summed E-state index contributed by atoms with van der Waals surface area (Å²) in [5, 5.41) is 0. The molecule has 0 atom stereocenters. The van der Waals surface area contributed by atoms with Gasteiger partial charge < -0.3 is 9.80 Å². The van der Waals surface area contributed by atoms with Gasteiger partial charge in [0.2, 0.25) is 0 Å². The Morgan fingerprint density at radius 2 is 0.484 bits per heavy atom. The van der Waals surface area contributed by atoms with Crippen LogP contribution in [-0.2, 0) is 0 Å². The molecule has 0 unspecified atom stereocenters. The number of benzene rings is 10. The second kappa shape index (κ2) is 18.7. The van der Waals surface area contributed by atoms with Gasteiger partial charge >= 0.3 is 0 Å². The van der Waals surface area contributed by atoms with E-state index < -0.39 is 0 Å². The van der Waals surface area contributed by atoms with Gasteiger partial charge in [-0.25, -0.2) is 0 Å². The van der Waals surface area contributed by atoms with E-state index in [1.165, 1.54) is 5.57 Å². The Morgan fingerprint density at radius 1 is 0.219 bits per heavy atom. The monoisotopic (exact) mass is 818 g/mol. The molecule has 0 amide bonds. The Morgan fingerprint density at radius 3 is 0.828 bits per heavy atom. The first kappa shape index (κ1) is 39.7. The van der Waals surface area contributed by atoms with Crippen molar-refractivity contribution in [3.05, 3.63) is 301 Å². The summed E-state index contributed by atoms with van der Waals surface area (Å²) in [6.45, 7) is 0. The van der Waals surface area contributed by atoms with Crippen molar-refractivity contribution in [3.63, 3.8) is 0 Å². The van der Waals surface area contributed by atoms with Crippen LogP contribution in [0.25, 0.3) is 33.4 Å². The highest BCUT2D eigenvalue weighted by Gasteiger charge is 2.22. The second-order valence-electron chi connectivity index (χ2n) is 15.7. The number of anilines is 6. The van der Waals surface area contributed by atoms with Crippen LogP contribution < -0.4 is 9.80 Å². The number of nitrogens with zero attached hydrogens (tertiary/aromatic N) is 2. The predicted octanol–water partition coefficient (Wildman–Crippen LogP) is 17.0. The molecule has 0 aliphatic rings. The van der Waals surface area contributed by atoms with Crippen LogP contribution >= 0.6 is 0 Å². The van der Waals surface area contributed by atoms with Crippen molar-refractivity contribution in [3.8, 4) is 22.3 Å². The molecule has 0 aliphatic carbocycles. The third-order valence-corrected chi connectivity index (χ3v) is 11.6. The third kappa shape index (κ3) is 8.29. The van der Waals surface area contributed by atoms with E-state index in [0.717, 1.165) is 84.2 Å². The molecule has 2 heteroatoms. The van der Waals surface area contributed by atoms with Crippen LogP contribution in [0.4, 0.5) is 34.1 Å². The van der Waals surface area contributed by atoms with E-state index in [1.807, 2.05) is 0 Å². The lowest BCUT2D eigenvalue weighted by Gasteiger charge is -2.28. The van der Waals surface area contributed by atoms with Gasteiger partial charge in [-0.05, 0) is 117 Å². The topological polar surface area (TPSA) is 6.48 Å².